The molecule has 4 rings (SSSR count). The van der Waals surface area contributed by atoms with Gasteiger partial charge < -0.3 is 9.88 Å². The zero-order chi connectivity index (χ0) is 14.9. The van der Waals surface area contributed by atoms with Gasteiger partial charge in [0, 0.05) is 24.3 Å². The Hall–Kier alpha value is -2.43. The molecule has 5 nitrogen and oxygen atoms in total. The number of fused-ring (bicyclic) bond motifs is 1. The quantitative estimate of drug-likeness (QED) is 0.787. The average molecular weight is 293 g/mol. The van der Waals surface area contributed by atoms with Crippen molar-refractivity contribution in [1.82, 2.24) is 19.9 Å². The lowest BCUT2D eigenvalue weighted by Crippen LogP contribution is -2.34. The van der Waals surface area contributed by atoms with Gasteiger partial charge in [0.25, 0.3) is 0 Å². The Morgan fingerprint density at radius 2 is 2.14 bits per heavy atom. The SMILES string of the molecule is Cc1ccc2ncnc(N3CCCCC3c3ncc[nH]3)c2c1. The van der Waals surface area contributed by atoms with E-state index in [1.807, 2.05) is 12.4 Å². The zero-order valence-corrected chi connectivity index (χ0v) is 12.7. The number of rotatable bonds is 2. The van der Waals surface area contributed by atoms with Crippen molar-refractivity contribution in [3.05, 3.63) is 48.3 Å². The highest BCUT2D eigenvalue weighted by molar-refractivity contribution is 5.90. The van der Waals surface area contributed by atoms with Crippen LogP contribution in [0.15, 0.2) is 36.9 Å². The molecule has 1 unspecified atom stereocenters. The second-order valence-corrected chi connectivity index (χ2v) is 5.90. The first-order valence-electron chi connectivity index (χ1n) is 7.80. The van der Waals surface area contributed by atoms with E-state index >= 15 is 0 Å². The zero-order valence-electron chi connectivity index (χ0n) is 12.7. The summed E-state index contributed by atoms with van der Waals surface area (Å²) >= 11 is 0. The Morgan fingerprint density at radius 1 is 1.18 bits per heavy atom. The molecule has 1 fully saturated rings. The van der Waals surface area contributed by atoms with Gasteiger partial charge in [-0.25, -0.2) is 15.0 Å². The molecule has 0 amide bonds. The van der Waals surface area contributed by atoms with Crippen molar-refractivity contribution in [3.63, 3.8) is 0 Å². The number of aryl methyl sites for hydroxylation is 1. The fourth-order valence-electron chi connectivity index (χ4n) is 3.31. The van der Waals surface area contributed by atoms with E-state index in [9.17, 15) is 0 Å². The summed E-state index contributed by atoms with van der Waals surface area (Å²) < 4.78 is 0. The van der Waals surface area contributed by atoms with Gasteiger partial charge >= 0.3 is 0 Å². The fourth-order valence-corrected chi connectivity index (χ4v) is 3.31. The molecule has 0 radical (unpaired) electrons. The minimum Gasteiger partial charge on any atom is -0.347 e. The van der Waals surface area contributed by atoms with E-state index in [4.69, 9.17) is 0 Å². The number of piperidine rings is 1. The monoisotopic (exact) mass is 293 g/mol. The number of nitrogens with one attached hydrogen (secondary N) is 1. The van der Waals surface area contributed by atoms with E-state index in [0.29, 0.717) is 0 Å². The standard InChI is InChI=1S/C17H19N5/c1-12-5-6-14-13(10-12)17(21-11-20-14)22-9-3-2-4-15(22)16-18-7-8-19-16/h5-8,10-11,15H,2-4,9H2,1H3,(H,18,19). The van der Waals surface area contributed by atoms with Gasteiger partial charge in [0.15, 0.2) is 0 Å². The number of anilines is 1. The van der Waals surface area contributed by atoms with Crippen LogP contribution in [0.25, 0.3) is 10.9 Å². The normalized spacial score (nSPS) is 18.8. The summed E-state index contributed by atoms with van der Waals surface area (Å²) in [6, 6.07) is 6.61. The van der Waals surface area contributed by atoms with Crippen LogP contribution in [0, 0.1) is 6.92 Å². The topological polar surface area (TPSA) is 57.7 Å². The molecule has 112 valence electrons. The Bertz CT molecular complexity index is 781. The number of imidazole rings is 1. The number of aromatic amines is 1. The minimum absolute atomic E-state index is 0.266. The predicted octanol–water partition coefficient (Wildman–Crippen LogP) is 3.39. The van der Waals surface area contributed by atoms with Crippen molar-refractivity contribution < 1.29 is 0 Å². The number of hydrogen-bond acceptors (Lipinski definition) is 4. The van der Waals surface area contributed by atoms with Gasteiger partial charge in [-0.2, -0.15) is 0 Å². The molecule has 3 heterocycles. The van der Waals surface area contributed by atoms with Crippen LogP contribution >= 0.6 is 0 Å². The maximum atomic E-state index is 4.60. The van der Waals surface area contributed by atoms with Gasteiger partial charge in [0.2, 0.25) is 0 Å². The maximum absolute atomic E-state index is 4.60. The Balaban J connectivity index is 1.83. The first-order valence-corrected chi connectivity index (χ1v) is 7.80. The number of aromatic nitrogens is 4. The Kier molecular flexibility index (Phi) is 3.25. The highest BCUT2D eigenvalue weighted by Crippen LogP contribution is 2.35. The number of nitrogens with zero attached hydrogens (tertiary/aromatic N) is 4. The largest absolute Gasteiger partial charge is 0.347 e. The molecule has 0 bridgehead atoms. The molecule has 1 atom stereocenters. The molecule has 22 heavy (non-hydrogen) atoms. The molecule has 3 aromatic rings. The molecular weight excluding hydrogens is 274 g/mol. The maximum Gasteiger partial charge on any atom is 0.140 e. The van der Waals surface area contributed by atoms with Crippen molar-refractivity contribution >= 4 is 16.7 Å². The van der Waals surface area contributed by atoms with E-state index in [-0.39, 0.29) is 6.04 Å². The van der Waals surface area contributed by atoms with Crippen LogP contribution in [0.5, 0.6) is 0 Å². The van der Waals surface area contributed by atoms with Crippen LogP contribution in [0.2, 0.25) is 0 Å². The van der Waals surface area contributed by atoms with E-state index in [1.54, 1.807) is 6.33 Å². The fraction of sp³-hybridized carbons (Fsp3) is 0.353. The van der Waals surface area contributed by atoms with Crippen LogP contribution in [-0.2, 0) is 0 Å². The second-order valence-electron chi connectivity index (χ2n) is 5.90. The smallest absolute Gasteiger partial charge is 0.140 e. The Morgan fingerprint density at radius 3 is 3.00 bits per heavy atom. The van der Waals surface area contributed by atoms with Crippen LogP contribution < -0.4 is 4.90 Å². The number of hydrogen-bond donors (Lipinski definition) is 1. The van der Waals surface area contributed by atoms with Crippen molar-refractivity contribution in [2.75, 3.05) is 11.4 Å². The highest BCUT2D eigenvalue weighted by atomic mass is 15.2. The first-order chi connectivity index (χ1) is 10.8. The van der Waals surface area contributed by atoms with Gasteiger partial charge in [-0.1, -0.05) is 11.6 Å². The minimum atomic E-state index is 0.266. The molecule has 0 saturated carbocycles. The van der Waals surface area contributed by atoms with E-state index in [0.717, 1.165) is 35.5 Å². The first kappa shape index (κ1) is 13.2. The van der Waals surface area contributed by atoms with Crippen LogP contribution in [0.3, 0.4) is 0 Å². The predicted molar refractivity (Wildman–Crippen MR) is 86.8 cm³/mol. The molecule has 5 heteroatoms. The van der Waals surface area contributed by atoms with Crippen molar-refractivity contribution in [3.8, 4) is 0 Å². The third-order valence-corrected chi connectivity index (χ3v) is 4.38. The summed E-state index contributed by atoms with van der Waals surface area (Å²) in [7, 11) is 0. The third-order valence-electron chi connectivity index (χ3n) is 4.38. The number of benzene rings is 1. The van der Waals surface area contributed by atoms with Gasteiger partial charge in [0.05, 0.1) is 11.6 Å². The van der Waals surface area contributed by atoms with Crippen LogP contribution in [0.4, 0.5) is 5.82 Å². The average Bonchev–Trinajstić information content (AvgIpc) is 3.08. The molecule has 0 aliphatic carbocycles. The lowest BCUT2D eigenvalue weighted by Gasteiger charge is -2.36. The summed E-state index contributed by atoms with van der Waals surface area (Å²) in [6.45, 7) is 3.11. The van der Waals surface area contributed by atoms with Gasteiger partial charge in [0.1, 0.15) is 18.0 Å². The van der Waals surface area contributed by atoms with Gasteiger partial charge in [-0.15, -0.1) is 0 Å². The molecule has 1 N–H and O–H groups in total. The van der Waals surface area contributed by atoms with Crippen LogP contribution in [0.1, 0.15) is 36.7 Å². The van der Waals surface area contributed by atoms with Crippen molar-refractivity contribution in [2.45, 2.75) is 32.2 Å². The summed E-state index contributed by atoms with van der Waals surface area (Å²) in [5.74, 6) is 2.05. The number of H-pyrrole nitrogens is 1. The summed E-state index contributed by atoms with van der Waals surface area (Å²) in [4.78, 5) is 19.1. The summed E-state index contributed by atoms with van der Waals surface area (Å²) in [5, 5.41) is 1.13. The molecule has 1 saturated heterocycles. The molecule has 1 aliphatic heterocycles. The van der Waals surface area contributed by atoms with Crippen LogP contribution in [-0.4, -0.2) is 26.5 Å². The van der Waals surface area contributed by atoms with Crippen molar-refractivity contribution in [2.24, 2.45) is 0 Å². The molecule has 1 aliphatic rings. The summed E-state index contributed by atoms with van der Waals surface area (Å²) in [6.07, 6.45) is 8.90. The summed E-state index contributed by atoms with van der Waals surface area (Å²) in [5.41, 5.74) is 2.23. The lowest BCUT2D eigenvalue weighted by atomic mass is 10.0. The molecule has 1 aromatic carbocycles. The van der Waals surface area contributed by atoms with E-state index < -0.39 is 0 Å². The third kappa shape index (κ3) is 2.22. The molecule has 0 spiro atoms. The highest BCUT2D eigenvalue weighted by Gasteiger charge is 2.28. The molecular formula is C17H19N5. The van der Waals surface area contributed by atoms with E-state index in [2.05, 4.69) is 50.0 Å². The molecule has 2 aromatic heterocycles. The van der Waals surface area contributed by atoms with Gasteiger partial charge in [-0.05, 0) is 38.3 Å². The van der Waals surface area contributed by atoms with Gasteiger partial charge in [-0.3, -0.25) is 0 Å². The second kappa shape index (κ2) is 5.40. The Labute approximate surface area is 129 Å². The van der Waals surface area contributed by atoms with E-state index in [1.165, 1.54) is 18.4 Å². The lowest BCUT2D eigenvalue weighted by molar-refractivity contribution is 0.456. The van der Waals surface area contributed by atoms with Crippen molar-refractivity contribution in [1.29, 1.82) is 0 Å².